The summed E-state index contributed by atoms with van der Waals surface area (Å²) in [5, 5.41) is 10.7. The largest absolute Gasteiger partial charge is 0.389 e. The smallest absolute Gasteiger partial charge is 0.140 e. The summed E-state index contributed by atoms with van der Waals surface area (Å²) in [5.74, 6) is 1.57. The van der Waals surface area contributed by atoms with Gasteiger partial charge in [0, 0.05) is 35.4 Å². The molecule has 0 amide bonds. The van der Waals surface area contributed by atoms with Gasteiger partial charge in [-0.15, -0.1) is 0 Å². The van der Waals surface area contributed by atoms with Gasteiger partial charge in [-0.2, -0.15) is 0 Å². The Morgan fingerprint density at radius 2 is 1.85 bits per heavy atom. The minimum Gasteiger partial charge on any atom is -0.389 e. The summed E-state index contributed by atoms with van der Waals surface area (Å²) in [4.78, 5) is 14.5. The van der Waals surface area contributed by atoms with Gasteiger partial charge in [0.2, 0.25) is 0 Å². The van der Waals surface area contributed by atoms with Crippen LogP contribution in [0.5, 0.6) is 0 Å². The van der Waals surface area contributed by atoms with Gasteiger partial charge < -0.3 is 10.0 Å². The fourth-order valence-corrected chi connectivity index (χ4v) is 6.59. The molecule has 1 spiro atoms. The molecule has 1 saturated heterocycles. The van der Waals surface area contributed by atoms with Gasteiger partial charge in [0.25, 0.3) is 0 Å². The molecule has 34 heavy (non-hydrogen) atoms. The predicted molar refractivity (Wildman–Crippen MR) is 135 cm³/mol. The van der Waals surface area contributed by atoms with Crippen molar-refractivity contribution in [2.75, 3.05) is 24.5 Å². The van der Waals surface area contributed by atoms with Crippen LogP contribution in [0.1, 0.15) is 73.1 Å². The molecule has 2 atom stereocenters. The van der Waals surface area contributed by atoms with Gasteiger partial charge in [0.1, 0.15) is 12.1 Å². The van der Waals surface area contributed by atoms with Crippen LogP contribution in [0, 0.1) is 0 Å². The summed E-state index contributed by atoms with van der Waals surface area (Å²) < 4.78 is 0. The van der Waals surface area contributed by atoms with Crippen molar-refractivity contribution >= 4 is 11.5 Å². The number of hydrogen-bond donors (Lipinski definition) is 1. The molecule has 2 aliphatic heterocycles. The van der Waals surface area contributed by atoms with E-state index in [1.54, 1.807) is 6.33 Å². The van der Waals surface area contributed by atoms with Crippen LogP contribution in [0.3, 0.4) is 0 Å². The summed E-state index contributed by atoms with van der Waals surface area (Å²) in [6.07, 6.45) is 5.64. The van der Waals surface area contributed by atoms with Crippen LogP contribution in [0.25, 0.3) is 0 Å². The molecule has 3 aromatic rings. The van der Waals surface area contributed by atoms with E-state index in [0.29, 0.717) is 5.92 Å². The maximum Gasteiger partial charge on any atom is 0.140 e. The van der Waals surface area contributed by atoms with Crippen molar-refractivity contribution in [2.24, 2.45) is 0 Å². The van der Waals surface area contributed by atoms with E-state index in [1.807, 2.05) is 6.92 Å². The first-order valence-electron chi connectivity index (χ1n) is 12.7. The van der Waals surface area contributed by atoms with Gasteiger partial charge >= 0.3 is 0 Å². The van der Waals surface area contributed by atoms with Crippen molar-refractivity contribution in [2.45, 2.75) is 63.5 Å². The Hall–Kier alpha value is -2.76. The molecule has 1 N–H and O–H groups in total. The van der Waals surface area contributed by atoms with Crippen molar-refractivity contribution in [3.05, 3.63) is 82.8 Å². The van der Waals surface area contributed by atoms with Gasteiger partial charge in [-0.1, -0.05) is 49.4 Å². The molecule has 176 valence electrons. The summed E-state index contributed by atoms with van der Waals surface area (Å²) in [6.45, 7) is 8.27. The topological polar surface area (TPSA) is 52.5 Å². The number of fused-ring (bicyclic) bond motifs is 3. The highest BCUT2D eigenvalue weighted by atomic mass is 16.3. The number of hydrogen-bond acceptors (Lipinski definition) is 5. The number of aryl methyl sites for hydroxylation is 1. The van der Waals surface area contributed by atoms with Crippen LogP contribution in [-0.2, 0) is 18.4 Å². The summed E-state index contributed by atoms with van der Waals surface area (Å²) in [6, 6.07) is 17.2. The average Bonchev–Trinajstić information content (AvgIpc) is 3.40. The monoisotopic (exact) mass is 454 g/mol. The molecule has 1 aromatic heterocycles. The van der Waals surface area contributed by atoms with E-state index in [9.17, 15) is 5.11 Å². The van der Waals surface area contributed by atoms with Gasteiger partial charge in [-0.05, 0) is 74.4 Å². The number of aromatic nitrogens is 2. The molecule has 1 aliphatic carbocycles. The Bertz CT molecular complexity index is 1180. The maximum atomic E-state index is 10.7. The Labute approximate surface area is 202 Å². The molecule has 3 aliphatic rings. The van der Waals surface area contributed by atoms with Gasteiger partial charge in [0.05, 0.1) is 6.10 Å². The highest BCUT2D eigenvalue weighted by molar-refractivity contribution is 5.75. The zero-order valence-electron chi connectivity index (χ0n) is 20.2. The van der Waals surface area contributed by atoms with E-state index in [4.69, 9.17) is 4.98 Å². The lowest BCUT2D eigenvalue weighted by Crippen LogP contribution is -2.44. The van der Waals surface area contributed by atoms with Crippen LogP contribution in [0.4, 0.5) is 11.5 Å². The van der Waals surface area contributed by atoms with E-state index < -0.39 is 6.10 Å². The number of benzene rings is 2. The molecule has 6 rings (SSSR count). The van der Waals surface area contributed by atoms with E-state index in [0.717, 1.165) is 63.2 Å². The van der Waals surface area contributed by atoms with Crippen molar-refractivity contribution in [3.63, 3.8) is 0 Å². The molecule has 2 unspecified atom stereocenters. The predicted octanol–water partition coefficient (Wildman–Crippen LogP) is 5.27. The summed E-state index contributed by atoms with van der Waals surface area (Å²) in [5.41, 5.74) is 7.61. The zero-order valence-corrected chi connectivity index (χ0v) is 20.2. The molecule has 3 heterocycles. The molecule has 0 bridgehead atoms. The highest BCUT2D eigenvalue weighted by Gasteiger charge is 2.48. The van der Waals surface area contributed by atoms with Crippen molar-refractivity contribution < 1.29 is 5.11 Å². The van der Waals surface area contributed by atoms with Gasteiger partial charge in [-0.25, -0.2) is 9.97 Å². The number of anilines is 2. The van der Waals surface area contributed by atoms with Crippen LogP contribution in [-0.4, -0.2) is 39.6 Å². The molecule has 0 radical (unpaired) electrons. The molecular weight excluding hydrogens is 420 g/mol. The van der Waals surface area contributed by atoms with Crippen LogP contribution >= 0.6 is 0 Å². The highest BCUT2D eigenvalue weighted by Crippen LogP contribution is 2.53. The van der Waals surface area contributed by atoms with Crippen molar-refractivity contribution in [1.29, 1.82) is 0 Å². The Kier molecular flexibility index (Phi) is 5.42. The van der Waals surface area contributed by atoms with Gasteiger partial charge in [-0.3, -0.25) is 4.90 Å². The fourth-order valence-electron chi connectivity index (χ4n) is 6.59. The van der Waals surface area contributed by atoms with E-state index in [1.165, 1.54) is 28.1 Å². The van der Waals surface area contributed by atoms with E-state index >= 15 is 0 Å². The number of rotatable bonds is 4. The Balaban J connectivity index is 1.37. The number of aliphatic hydroxyl groups is 1. The van der Waals surface area contributed by atoms with Crippen molar-refractivity contribution in [1.82, 2.24) is 14.9 Å². The second kappa shape index (κ2) is 8.47. The number of likely N-dealkylation sites (tertiary alicyclic amines) is 1. The Morgan fingerprint density at radius 3 is 2.62 bits per heavy atom. The molecule has 2 aromatic carbocycles. The van der Waals surface area contributed by atoms with Crippen LogP contribution < -0.4 is 4.90 Å². The SMILES string of the molecule is CC(O)c1cccc2c1C1(CCN(Cc3ccccc3)CC1)CN2c1ncnc2c1C(C)CC2. The molecular formula is C29H34N4O. The minimum atomic E-state index is -0.482. The standard InChI is InChI=1S/C29H34N4O/c1-20-11-12-24-26(20)28(31-19-30-24)33-18-29(27-23(21(2)34)9-6-10-25(27)33)13-15-32(16-14-29)17-22-7-4-3-5-8-22/h3-10,19-21,34H,11-18H2,1-2H3. The first kappa shape index (κ1) is 21.8. The second-order valence-electron chi connectivity index (χ2n) is 10.5. The molecule has 0 saturated carbocycles. The zero-order chi connectivity index (χ0) is 23.3. The fraction of sp³-hybridized carbons (Fsp3) is 0.448. The maximum absolute atomic E-state index is 10.7. The third kappa shape index (κ3) is 3.53. The van der Waals surface area contributed by atoms with Gasteiger partial charge in [0.15, 0.2) is 0 Å². The Morgan fingerprint density at radius 1 is 1.06 bits per heavy atom. The quantitative estimate of drug-likeness (QED) is 0.582. The molecule has 5 heteroatoms. The number of aliphatic hydroxyl groups excluding tert-OH is 1. The van der Waals surface area contributed by atoms with E-state index in [2.05, 4.69) is 70.2 Å². The summed E-state index contributed by atoms with van der Waals surface area (Å²) >= 11 is 0. The average molecular weight is 455 g/mol. The molecule has 1 fully saturated rings. The number of piperidine rings is 1. The van der Waals surface area contributed by atoms with E-state index in [-0.39, 0.29) is 5.41 Å². The molecule has 5 nitrogen and oxygen atoms in total. The second-order valence-corrected chi connectivity index (χ2v) is 10.5. The number of nitrogens with zero attached hydrogens (tertiary/aromatic N) is 4. The lowest BCUT2D eigenvalue weighted by molar-refractivity contribution is 0.155. The lowest BCUT2D eigenvalue weighted by Gasteiger charge is -2.41. The third-order valence-corrected chi connectivity index (χ3v) is 8.38. The summed E-state index contributed by atoms with van der Waals surface area (Å²) in [7, 11) is 0. The first-order valence-corrected chi connectivity index (χ1v) is 12.7. The lowest BCUT2D eigenvalue weighted by atomic mass is 9.72. The minimum absolute atomic E-state index is 0.0375. The third-order valence-electron chi connectivity index (χ3n) is 8.38. The van der Waals surface area contributed by atoms with Crippen molar-refractivity contribution in [3.8, 4) is 0 Å². The normalized spacial score (nSPS) is 22.1. The van der Waals surface area contributed by atoms with Crippen LogP contribution in [0.2, 0.25) is 0 Å². The first-order chi connectivity index (χ1) is 16.6. The van der Waals surface area contributed by atoms with Crippen LogP contribution in [0.15, 0.2) is 54.9 Å².